The van der Waals surface area contributed by atoms with E-state index in [4.69, 9.17) is 0 Å². The molecule has 2 nitrogen and oxygen atoms in total. The highest BCUT2D eigenvalue weighted by atomic mass is 15.1. The molecule has 1 unspecified atom stereocenters. The highest BCUT2D eigenvalue weighted by molar-refractivity contribution is 5.61. The Morgan fingerprint density at radius 2 is 2.24 bits per heavy atom. The number of hydrogen-bond donors (Lipinski definition) is 1. The Labute approximate surface area is 105 Å². The molecule has 0 fully saturated rings. The van der Waals surface area contributed by atoms with Gasteiger partial charge in [0, 0.05) is 24.7 Å². The van der Waals surface area contributed by atoms with Crippen molar-refractivity contribution in [3.63, 3.8) is 0 Å². The largest absolute Gasteiger partial charge is 0.371 e. The number of benzene rings is 1. The van der Waals surface area contributed by atoms with Crippen LogP contribution in [-0.2, 0) is 6.42 Å². The molecule has 2 heteroatoms. The summed E-state index contributed by atoms with van der Waals surface area (Å²) < 4.78 is 0. The van der Waals surface area contributed by atoms with Gasteiger partial charge in [0.05, 0.1) is 0 Å². The van der Waals surface area contributed by atoms with Gasteiger partial charge in [-0.15, -0.1) is 0 Å². The fraction of sp³-hybridized carbons (Fsp3) is 0.600. The van der Waals surface area contributed by atoms with E-state index in [1.165, 1.54) is 30.6 Å². The Morgan fingerprint density at radius 3 is 2.94 bits per heavy atom. The number of hydrogen-bond acceptors (Lipinski definition) is 2. The molecule has 1 aliphatic heterocycles. The van der Waals surface area contributed by atoms with E-state index in [1.54, 1.807) is 5.56 Å². The van der Waals surface area contributed by atoms with Gasteiger partial charge in [0.15, 0.2) is 0 Å². The van der Waals surface area contributed by atoms with Gasteiger partial charge in [-0.3, -0.25) is 0 Å². The van der Waals surface area contributed by atoms with E-state index in [0.717, 1.165) is 13.1 Å². The van der Waals surface area contributed by atoms with E-state index in [-0.39, 0.29) is 0 Å². The van der Waals surface area contributed by atoms with Gasteiger partial charge in [-0.1, -0.05) is 19.1 Å². The minimum absolute atomic E-state index is 0.689. The van der Waals surface area contributed by atoms with Crippen LogP contribution in [0.4, 0.5) is 5.69 Å². The zero-order chi connectivity index (χ0) is 12.3. The topological polar surface area (TPSA) is 15.3 Å². The lowest BCUT2D eigenvalue weighted by Gasteiger charge is -2.16. The zero-order valence-corrected chi connectivity index (χ0v) is 11.3. The average molecular weight is 232 g/mol. The van der Waals surface area contributed by atoms with Gasteiger partial charge in [0.1, 0.15) is 0 Å². The minimum atomic E-state index is 0.689. The van der Waals surface area contributed by atoms with Crippen molar-refractivity contribution >= 4 is 5.69 Å². The standard InChI is InChI=1S/C15H24N2/c1-4-17-11-12(2)14-10-13(6-5-9-16-3)7-8-15(14)17/h7-8,10,12,16H,4-6,9,11H2,1-3H3. The van der Waals surface area contributed by atoms with Crippen LogP contribution in [0.25, 0.3) is 0 Å². The first-order chi connectivity index (χ1) is 8.26. The predicted octanol–water partition coefficient (Wildman–Crippen LogP) is 2.78. The van der Waals surface area contributed by atoms with E-state index in [1.807, 2.05) is 7.05 Å². The Kier molecular flexibility index (Phi) is 4.06. The molecule has 0 aromatic heterocycles. The summed E-state index contributed by atoms with van der Waals surface area (Å²) >= 11 is 0. The van der Waals surface area contributed by atoms with E-state index in [9.17, 15) is 0 Å². The lowest BCUT2D eigenvalue weighted by molar-refractivity contribution is 0.723. The quantitative estimate of drug-likeness (QED) is 0.785. The van der Waals surface area contributed by atoms with Gasteiger partial charge >= 0.3 is 0 Å². The molecule has 1 aliphatic rings. The normalized spacial score (nSPS) is 18.5. The molecule has 0 bridgehead atoms. The fourth-order valence-electron chi connectivity index (χ4n) is 2.74. The average Bonchev–Trinajstić information content (AvgIpc) is 2.66. The molecule has 1 N–H and O–H groups in total. The Bertz CT molecular complexity index is 373. The first-order valence-electron chi connectivity index (χ1n) is 6.78. The molecule has 0 saturated heterocycles. The van der Waals surface area contributed by atoms with Crippen LogP contribution in [-0.4, -0.2) is 26.7 Å². The number of fused-ring (bicyclic) bond motifs is 1. The van der Waals surface area contributed by atoms with Crippen LogP contribution in [0.5, 0.6) is 0 Å². The third-order valence-electron chi connectivity index (χ3n) is 3.73. The fourth-order valence-corrected chi connectivity index (χ4v) is 2.74. The molecule has 0 spiro atoms. The minimum Gasteiger partial charge on any atom is -0.371 e. The van der Waals surface area contributed by atoms with E-state index in [2.05, 4.69) is 42.3 Å². The Balaban J connectivity index is 2.11. The molecule has 94 valence electrons. The van der Waals surface area contributed by atoms with Crippen LogP contribution in [0.1, 0.15) is 37.3 Å². The molecule has 17 heavy (non-hydrogen) atoms. The number of nitrogens with one attached hydrogen (secondary N) is 1. The van der Waals surface area contributed by atoms with Gasteiger partial charge in [0.25, 0.3) is 0 Å². The molecule has 0 aliphatic carbocycles. The molecule has 1 atom stereocenters. The van der Waals surface area contributed by atoms with Crippen molar-refractivity contribution in [2.45, 2.75) is 32.6 Å². The summed E-state index contributed by atoms with van der Waals surface area (Å²) in [4.78, 5) is 2.48. The molecule has 0 saturated carbocycles. The van der Waals surface area contributed by atoms with Crippen LogP contribution in [0, 0.1) is 0 Å². The summed E-state index contributed by atoms with van der Waals surface area (Å²) in [5, 5.41) is 3.21. The monoisotopic (exact) mass is 232 g/mol. The van der Waals surface area contributed by atoms with Gasteiger partial charge in [-0.2, -0.15) is 0 Å². The van der Waals surface area contributed by atoms with Crippen molar-refractivity contribution in [3.05, 3.63) is 29.3 Å². The summed E-state index contributed by atoms with van der Waals surface area (Å²) in [6, 6.07) is 7.04. The maximum absolute atomic E-state index is 3.21. The highest BCUT2D eigenvalue weighted by Crippen LogP contribution is 2.36. The summed E-state index contributed by atoms with van der Waals surface area (Å²) in [6.07, 6.45) is 2.41. The third-order valence-corrected chi connectivity index (χ3v) is 3.73. The van der Waals surface area contributed by atoms with Crippen LogP contribution in [0.2, 0.25) is 0 Å². The maximum atomic E-state index is 3.21. The van der Waals surface area contributed by atoms with Gasteiger partial charge in [-0.25, -0.2) is 0 Å². The van der Waals surface area contributed by atoms with Crippen molar-refractivity contribution in [2.75, 3.05) is 31.6 Å². The molecule has 0 amide bonds. The maximum Gasteiger partial charge on any atom is 0.0402 e. The second kappa shape index (κ2) is 5.54. The number of anilines is 1. The van der Waals surface area contributed by atoms with Crippen LogP contribution in [0.15, 0.2) is 18.2 Å². The van der Waals surface area contributed by atoms with Crippen LogP contribution >= 0.6 is 0 Å². The highest BCUT2D eigenvalue weighted by Gasteiger charge is 2.24. The molecule has 1 heterocycles. The number of likely N-dealkylation sites (N-methyl/N-ethyl adjacent to an activating group) is 1. The second-order valence-corrected chi connectivity index (χ2v) is 5.04. The molecule has 1 aromatic carbocycles. The van der Waals surface area contributed by atoms with E-state index < -0.39 is 0 Å². The van der Waals surface area contributed by atoms with Gasteiger partial charge in [0.2, 0.25) is 0 Å². The third kappa shape index (κ3) is 2.63. The SMILES string of the molecule is CCN1CC(C)c2cc(CCCNC)ccc21. The first-order valence-corrected chi connectivity index (χ1v) is 6.78. The number of aryl methyl sites for hydroxylation is 1. The van der Waals surface area contributed by atoms with E-state index >= 15 is 0 Å². The lowest BCUT2D eigenvalue weighted by atomic mass is 9.99. The Hall–Kier alpha value is -1.02. The molecule has 2 rings (SSSR count). The number of nitrogens with zero attached hydrogens (tertiary/aromatic N) is 1. The van der Waals surface area contributed by atoms with Crippen molar-refractivity contribution in [3.8, 4) is 0 Å². The van der Waals surface area contributed by atoms with Crippen molar-refractivity contribution in [1.29, 1.82) is 0 Å². The predicted molar refractivity (Wildman–Crippen MR) is 75.0 cm³/mol. The molecule has 1 aromatic rings. The number of rotatable bonds is 5. The lowest BCUT2D eigenvalue weighted by Crippen LogP contribution is -2.20. The van der Waals surface area contributed by atoms with Crippen LogP contribution in [0.3, 0.4) is 0 Å². The van der Waals surface area contributed by atoms with Gasteiger partial charge in [-0.05, 0) is 50.6 Å². The van der Waals surface area contributed by atoms with Crippen molar-refractivity contribution < 1.29 is 0 Å². The van der Waals surface area contributed by atoms with Crippen LogP contribution < -0.4 is 10.2 Å². The van der Waals surface area contributed by atoms with Gasteiger partial charge < -0.3 is 10.2 Å². The second-order valence-electron chi connectivity index (χ2n) is 5.04. The summed E-state index contributed by atoms with van der Waals surface area (Å²) in [7, 11) is 2.02. The molecule has 0 radical (unpaired) electrons. The summed E-state index contributed by atoms with van der Waals surface area (Å²) in [6.45, 7) is 7.99. The first kappa shape index (κ1) is 12.4. The zero-order valence-electron chi connectivity index (χ0n) is 11.3. The van der Waals surface area contributed by atoms with Crippen molar-refractivity contribution in [2.24, 2.45) is 0 Å². The smallest absolute Gasteiger partial charge is 0.0402 e. The van der Waals surface area contributed by atoms with Crippen molar-refractivity contribution in [1.82, 2.24) is 5.32 Å². The molecular weight excluding hydrogens is 208 g/mol. The summed E-state index contributed by atoms with van der Waals surface area (Å²) in [5.41, 5.74) is 4.50. The summed E-state index contributed by atoms with van der Waals surface area (Å²) in [5.74, 6) is 0.689. The van der Waals surface area contributed by atoms with E-state index in [0.29, 0.717) is 5.92 Å². The Morgan fingerprint density at radius 1 is 1.41 bits per heavy atom. The molecular formula is C15H24N2.